The van der Waals surface area contributed by atoms with Crippen LogP contribution in [0.1, 0.15) is 251 Å². The van der Waals surface area contributed by atoms with Crippen LogP contribution in [0.25, 0.3) is 0 Å². The zero-order valence-electron chi connectivity index (χ0n) is 40.0. The minimum Gasteiger partial charge on any atom is -0.756 e. The van der Waals surface area contributed by atoms with E-state index in [-0.39, 0.29) is 19.1 Å². The molecule has 0 fully saturated rings. The number of rotatable bonds is 47. The number of quaternary nitrogens is 1. The zero-order valence-corrected chi connectivity index (χ0v) is 40.9. The van der Waals surface area contributed by atoms with Crippen LogP contribution in [-0.4, -0.2) is 68.5 Å². The van der Waals surface area contributed by atoms with Crippen molar-refractivity contribution in [2.75, 3.05) is 40.9 Å². The van der Waals surface area contributed by atoms with Gasteiger partial charge < -0.3 is 28.8 Å². The molecule has 0 radical (unpaired) electrons. The fourth-order valence-corrected chi connectivity index (χ4v) is 8.41. The molecule has 0 aliphatic rings. The van der Waals surface area contributed by atoms with Crippen molar-refractivity contribution in [3.63, 3.8) is 0 Å². The molecular formula is C50H101N2O6P. The first kappa shape index (κ1) is 58.2. The summed E-state index contributed by atoms with van der Waals surface area (Å²) < 4.78 is 23.3. The molecular weight excluding hydrogens is 756 g/mol. The van der Waals surface area contributed by atoms with Gasteiger partial charge in [0.2, 0.25) is 5.91 Å². The number of allylic oxidation sites excluding steroid dienone is 2. The van der Waals surface area contributed by atoms with Crippen LogP contribution >= 0.6 is 7.82 Å². The van der Waals surface area contributed by atoms with E-state index in [1.165, 1.54) is 173 Å². The van der Waals surface area contributed by atoms with E-state index in [1.807, 2.05) is 21.1 Å². The quantitative estimate of drug-likeness (QED) is 0.0273. The number of carbonyl (C=O) groups is 1. The number of carbonyl (C=O) groups excluding carboxylic acids is 1. The van der Waals surface area contributed by atoms with Gasteiger partial charge in [0, 0.05) is 6.42 Å². The average Bonchev–Trinajstić information content (AvgIpc) is 3.19. The van der Waals surface area contributed by atoms with Gasteiger partial charge in [0.05, 0.1) is 39.9 Å². The molecule has 0 rings (SSSR count). The number of hydrogen-bond acceptors (Lipinski definition) is 6. The maximum atomic E-state index is 12.9. The molecule has 0 aromatic carbocycles. The number of unbranched alkanes of at least 4 members (excludes halogenated alkanes) is 32. The van der Waals surface area contributed by atoms with E-state index in [2.05, 4.69) is 31.3 Å². The first-order valence-electron chi connectivity index (χ1n) is 25.5. The van der Waals surface area contributed by atoms with Crippen molar-refractivity contribution in [3.05, 3.63) is 12.2 Å². The van der Waals surface area contributed by atoms with Gasteiger partial charge in [-0.25, -0.2) is 0 Å². The highest BCUT2D eigenvalue weighted by atomic mass is 31.2. The lowest BCUT2D eigenvalue weighted by molar-refractivity contribution is -0.870. The molecule has 1 amide bonds. The smallest absolute Gasteiger partial charge is 0.268 e. The first-order valence-corrected chi connectivity index (χ1v) is 27.0. The molecule has 3 unspecified atom stereocenters. The Labute approximate surface area is 367 Å². The minimum absolute atomic E-state index is 0.0115. The molecule has 3 atom stereocenters. The monoisotopic (exact) mass is 857 g/mol. The van der Waals surface area contributed by atoms with E-state index in [0.29, 0.717) is 23.9 Å². The van der Waals surface area contributed by atoms with Crippen LogP contribution in [0.4, 0.5) is 0 Å². The lowest BCUT2D eigenvalue weighted by Gasteiger charge is -2.30. The summed E-state index contributed by atoms with van der Waals surface area (Å²) in [6, 6.07) is -0.804. The Morgan fingerprint density at radius 2 is 0.932 bits per heavy atom. The Morgan fingerprint density at radius 3 is 1.32 bits per heavy atom. The topological polar surface area (TPSA) is 108 Å². The van der Waals surface area contributed by atoms with Crippen LogP contribution in [-0.2, 0) is 18.4 Å². The second kappa shape index (κ2) is 42.5. The van der Waals surface area contributed by atoms with Gasteiger partial charge in [-0.3, -0.25) is 9.36 Å². The van der Waals surface area contributed by atoms with Gasteiger partial charge in [0.15, 0.2) is 0 Å². The van der Waals surface area contributed by atoms with Gasteiger partial charge in [0.1, 0.15) is 13.2 Å². The predicted octanol–water partition coefficient (Wildman–Crippen LogP) is 14.1. The Kier molecular flexibility index (Phi) is 42.0. The molecule has 352 valence electrons. The van der Waals surface area contributed by atoms with Crippen molar-refractivity contribution >= 4 is 13.7 Å². The molecule has 2 N–H and O–H groups in total. The van der Waals surface area contributed by atoms with E-state index in [4.69, 9.17) is 9.05 Å². The average molecular weight is 857 g/mol. The van der Waals surface area contributed by atoms with Gasteiger partial charge >= 0.3 is 0 Å². The normalized spacial score (nSPS) is 14.2. The second-order valence-electron chi connectivity index (χ2n) is 18.9. The minimum atomic E-state index is -4.57. The first-order chi connectivity index (χ1) is 28.5. The van der Waals surface area contributed by atoms with E-state index >= 15 is 0 Å². The molecule has 0 bridgehead atoms. The van der Waals surface area contributed by atoms with Crippen molar-refractivity contribution in [1.29, 1.82) is 0 Å². The highest BCUT2D eigenvalue weighted by Gasteiger charge is 2.24. The maximum absolute atomic E-state index is 12.9. The molecule has 9 heteroatoms. The highest BCUT2D eigenvalue weighted by molar-refractivity contribution is 7.45. The van der Waals surface area contributed by atoms with E-state index < -0.39 is 20.0 Å². The number of hydrogen-bond donors (Lipinski definition) is 2. The molecule has 0 spiro atoms. The number of aliphatic hydroxyl groups is 1. The summed E-state index contributed by atoms with van der Waals surface area (Å²) in [5.74, 6) is -0.178. The molecule has 0 aromatic rings. The number of aliphatic hydroxyl groups excluding tert-OH is 1. The summed E-state index contributed by atoms with van der Waals surface area (Å²) in [6.45, 7) is 4.72. The third kappa shape index (κ3) is 45.1. The fraction of sp³-hybridized carbons (Fsp3) is 0.940. The largest absolute Gasteiger partial charge is 0.756 e. The molecule has 0 aliphatic heterocycles. The second-order valence-corrected chi connectivity index (χ2v) is 20.3. The van der Waals surface area contributed by atoms with Crippen molar-refractivity contribution in [3.8, 4) is 0 Å². The van der Waals surface area contributed by atoms with Crippen molar-refractivity contribution < 1.29 is 32.9 Å². The van der Waals surface area contributed by atoms with E-state index in [9.17, 15) is 19.4 Å². The summed E-state index contributed by atoms with van der Waals surface area (Å²) >= 11 is 0. The van der Waals surface area contributed by atoms with Crippen LogP contribution in [0.3, 0.4) is 0 Å². The van der Waals surface area contributed by atoms with Crippen LogP contribution in [0.2, 0.25) is 0 Å². The van der Waals surface area contributed by atoms with Gasteiger partial charge in [-0.1, -0.05) is 219 Å². The number of amides is 1. The summed E-state index contributed by atoms with van der Waals surface area (Å²) in [5.41, 5.74) is 0. The molecule has 0 aromatic heterocycles. The van der Waals surface area contributed by atoms with Crippen LogP contribution in [0, 0.1) is 0 Å². The zero-order chi connectivity index (χ0) is 43.6. The van der Waals surface area contributed by atoms with Crippen LogP contribution in [0.5, 0.6) is 0 Å². The number of phosphoric ester groups is 1. The maximum Gasteiger partial charge on any atom is 0.268 e. The van der Waals surface area contributed by atoms with Gasteiger partial charge in [0.25, 0.3) is 7.82 Å². The number of nitrogens with zero attached hydrogens (tertiary/aromatic N) is 1. The Bertz CT molecular complexity index is 974. The molecule has 59 heavy (non-hydrogen) atoms. The summed E-state index contributed by atoms with van der Waals surface area (Å²) in [4.78, 5) is 25.4. The van der Waals surface area contributed by atoms with Crippen molar-refractivity contribution in [2.45, 2.75) is 264 Å². The fourth-order valence-electron chi connectivity index (χ4n) is 7.68. The Morgan fingerprint density at radius 1 is 0.576 bits per heavy atom. The molecule has 0 heterocycles. The summed E-state index contributed by atoms with van der Waals surface area (Å²) in [7, 11) is 1.30. The lowest BCUT2D eigenvalue weighted by atomic mass is 10.0. The predicted molar refractivity (Wildman–Crippen MR) is 252 cm³/mol. The third-order valence-electron chi connectivity index (χ3n) is 11.8. The highest BCUT2D eigenvalue weighted by Crippen LogP contribution is 2.38. The van der Waals surface area contributed by atoms with Gasteiger partial charge in [-0.05, 0) is 38.5 Å². The Hall–Kier alpha value is -0.760. The van der Waals surface area contributed by atoms with Crippen molar-refractivity contribution in [2.24, 2.45) is 0 Å². The SMILES string of the molecule is CCCCCCCC/C=C\CCCCCC(=O)NC(COP(=O)([O-])OCC[N+](C)(C)C)C(O)CCCCCCCCCCCCCCCCCCCCCCCCCC. The number of likely N-dealkylation sites (N-methyl/N-ethyl adjacent to an activating group) is 1. The van der Waals surface area contributed by atoms with E-state index in [1.54, 1.807) is 0 Å². The molecule has 0 saturated carbocycles. The van der Waals surface area contributed by atoms with Crippen LogP contribution in [0.15, 0.2) is 12.2 Å². The van der Waals surface area contributed by atoms with Gasteiger partial charge in [-0.15, -0.1) is 0 Å². The number of nitrogens with one attached hydrogen (secondary N) is 1. The number of phosphoric acid groups is 1. The molecule has 0 aliphatic carbocycles. The Balaban J connectivity index is 4.18. The summed E-state index contributed by atoms with van der Waals surface area (Å²) in [6.07, 6.45) is 49.5. The third-order valence-corrected chi connectivity index (χ3v) is 12.7. The van der Waals surface area contributed by atoms with Gasteiger partial charge in [-0.2, -0.15) is 0 Å². The summed E-state index contributed by atoms with van der Waals surface area (Å²) in [5, 5.41) is 13.9. The van der Waals surface area contributed by atoms with Crippen molar-refractivity contribution in [1.82, 2.24) is 5.32 Å². The molecule has 0 saturated heterocycles. The standard InChI is InChI=1S/C50H101N2O6P/c1-6-8-10-12-14-16-18-20-21-22-23-24-25-26-27-28-29-30-32-33-35-37-39-41-43-49(53)48(47-58-59(55,56)57-46-45-52(3,4)5)51-50(54)44-42-40-38-36-34-31-19-17-15-13-11-9-7-2/h31,34,48-49,53H,6-30,32-33,35-47H2,1-5H3,(H-,51,54,55,56)/b34-31-. The lowest BCUT2D eigenvalue weighted by Crippen LogP contribution is -2.46. The van der Waals surface area contributed by atoms with Crippen LogP contribution < -0.4 is 10.2 Å². The van der Waals surface area contributed by atoms with E-state index in [0.717, 1.165) is 51.4 Å². The molecule has 8 nitrogen and oxygen atoms in total.